The van der Waals surface area contributed by atoms with Crippen LogP contribution in [0.4, 0.5) is 0 Å². The minimum absolute atomic E-state index is 0.190. The van der Waals surface area contributed by atoms with Gasteiger partial charge in [-0.15, -0.1) is 0 Å². The number of furan rings is 1. The van der Waals surface area contributed by atoms with Crippen LogP contribution >= 0.6 is 15.9 Å². The topological polar surface area (TPSA) is 50.4 Å². The zero-order valence-corrected chi connectivity index (χ0v) is 10.2. The molecule has 0 radical (unpaired) electrons. The first-order valence-corrected chi connectivity index (χ1v) is 5.80. The van der Waals surface area contributed by atoms with Gasteiger partial charge in [0.15, 0.2) is 0 Å². The molecule has 0 aliphatic carbocycles. The molecule has 0 spiro atoms. The Morgan fingerprint density at radius 1 is 1.18 bits per heavy atom. The lowest BCUT2D eigenvalue weighted by Gasteiger charge is -1.94. The van der Waals surface area contributed by atoms with E-state index in [-0.39, 0.29) is 5.56 Å². The molecule has 0 bridgehead atoms. The maximum Gasteiger partial charge on any atom is 0.339 e. The van der Waals surface area contributed by atoms with E-state index >= 15 is 0 Å². The molecule has 2 aromatic carbocycles. The van der Waals surface area contributed by atoms with Crippen LogP contribution in [0.1, 0.15) is 10.4 Å². The van der Waals surface area contributed by atoms with Gasteiger partial charge < -0.3 is 9.52 Å². The molecule has 0 aliphatic rings. The first kappa shape index (κ1) is 10.4. The van der Waals surface area contributed by atoms with Gasteiger partial charge >= 0.3 is 5.97 Å². The van der Waals surface area contributed by atoms with E-state index in [9.17, 15) is 4.79 Å². The number of aromatic carboxylic acids is 1. The highest BCUT2D eigenvalue weighted by Crippen LogP contribution is 2.32. The Hall–Kier alpha value is -1.81. The highest BCUT2D eigenvalue weighted by molar-refractivity contribution is 9.10. The number of rotatable bonds is 1. The molecule has 0 amide bonds. The molecule has 0 atom stereocenters. The molecule has 0 aliphatic heterocycles. The summed E-state index contributed by atoms with van der Waals surface area (Å²) >= 11 is 3.39. The Labute approximate surface area is 105 Å². The lowest BCUT2D eigenvalue weighted by atomic mass is 10.1. The molecule has 3 aromatic rings. The van der Waals surface area contributed by atoms with Crippen LogP contribution in [-0.4, -0.2) is 11.1 Å². The minimum atomic E-state index is -0.978. The predicted molar refractivity (Wildman–Crippen MR) is 68.4 cm³/mol. The van der Waals surface area contributed by atoms with Crippen LogP contribution in [0, 0.1) is 0 Å². The fourth-order valence-electron chi connectivity index (χ4n) is 1.94. The van der Waals surface area contributed by atoms with Crippen molar-refractivity contribution in [3.05, 3.63) is 46.4 Å². The molecule has 84 valence electrons. The van der Waals surface area contributed by atoms with Crippen molar-refractivity contribution in [2.45, 2.75) is 0 Å². The largest absolute Gasteiger partial charge is 0.478 e. The number of hydrogen-bond donors (Lipinski definition) is 1. The molecule has 3 nitrogen and oxygen atoms in total. The number of hydrogen-bond acceptors (Lipinski definition) is 2. The van der Waals surface area contributed by atoms with E-state index in [4.69, 9.17) is 9.52 Å². The van der Waals surface area contributed by atoms with Gasteiger partial charge in [0, 0.05) is 15.2 Å². The summed E-state index contributed by atoms with van der Waals surface area (Å²) in [5.74, 6) is -0.978. The van der Waals surface area contributed by atoms with E-state index in [1.54, 1.807) is 12.1 Å². The van der Waals surface area contributed by atoms with Crippen molar-refractivity contribution in [1.29, 1.82) is 0 Å². The summed E-state index contributed by atoms with van der Waals surface area (Å²) in [4.78, 5) is 11.1. The molecule has 4 heteroatoms. The Kier molecular flexibility index (Phi) is 2.19. The highest BCUT2D eigenvalue weighted by Gasteiger charge is 2.14. The third-order valence-corrected chi connectivity index (χ3v) is 3.18. The SMILES string of the molecule is O=C(O)c1cccc2c1oc1ccc(Br)cc12. The van der Waals surface area contributed by atoms with Crippen LogP contribution in [-0.2, 0) is 0 Å². The van der Waals surface area contributed by atoms with Crippen LogP contribution < -0.4 is 0 Å². The van der Waals surface area contributed by atoms with Gasteiger partial charge in [0.1, 0.15) is 16.7 Å². The van der Waals surface area contributed by atoms with E-state index in [1.165, 1.54) is 0 Å². The van der Waals surface area contributed by atoms with Crippen molar-refractivity contribution in [3.8, 4) is 0 Å². The molecule has 17 heavy (non-hydrogen) atoms. The number of fused-ring (bicyclic) bond motifs is 3. The molecule has 0 saturated carbocycles. The monoisotopic (exact) mass is 290 g/mol. The van der Waals surface area contributed by atoms with E-state index in [1.807, 2.05) is 24.3 Å². The van der Waals surface area contributed by atoms with Crippen molar-refractivity contribution in [3.63, 3.8) is 0 Å². The van der Waals surface area contributed by atoms with E-state index in [0.717, 1.165) is 15.2 Å². The van der Waals surface area contributed by atoms with Gasteiger partial charge in [-0.25, -0.2) is 4.79 Å². The van der Waals surface area contributed by atoms with Gasteiger partial charge in [-0.2, -0.15) is 0 Å². The van der Waals surface area contributed by atoms with Gasteiger partial charge in [-0.1, -0.05) is 28.1 Å². The maximum atomic E-state index is 11.1. The summed E-state index contributed by atoms with van der Waals surface area (Å²) in [5.41, 5.74) is 1.31. The van der Waals surface area contributed by atoms with Gasteiger partial charge in [-0.05, 0) is 24.3 Å². The molecule has 0 saturated heterocycles. The Morgan fingerprint density at radius 2 is 2.00 bits per heavy atom. The van der Waals surface area contributed by atoms with Gasteiger partial charge in [0.2, 0.25) is 0 Å². The van der Waals surface area contributed by atoms with Crippen LogP contribution in [0.3, 0.4) is 0 Å². The molecule has 1 heterocycles. The minimum Gasteiger partial charge on any atom is -0.478 e. The Morgan fingerprint density at radius 3 is 2.76 bits per heavy atom. The Balaban J connectivity index is 2.51. The Bertz CT molecular complexity index is 743. The number of benzene rings is 2. The second-order valence-electron chi connectivity index (χ2n) is 3.73. The number of para-hydroxylation sites is 1. The van der Waals surface area contributed by atoms with Crippen LogP contribution in [0.5, 0.6) is 0 Å². The molecular formula is C13H7BrO3. The average Bonchev–Trinajstić information content (AvgIpc) is 2.66. The summed E-state index contributed by atoms with van der Waals surface area (Å²) in [6, 6.07) is 10.7. The van der Waals surface area contributed by atoms with E-state index in [0.29, 0.717) is 11.2 Å². The zero-order valence-electron chi connectivity index (χ0n) is 8.61. The number of carboxylic acids is 1. The van der Waals surface area contributed by atoms with Gasteiger partial charge in [0.25, 0.3) is 0 Å². The molecule has 3 rings (SSSR count). The fraction of sp³-hybridized carbons (Fsp3) is 0. The molecule has 0 unspecified atom stereocenters. The summed E-state index contributed by atoms with van der Waals surface area (Å²) < 4.78 is 6.54. The second-order valence-corrected chi connectivity index (χ2v) is 4.65. The van der Waals surface area contributed by atoms with Crippen LogP contribution in [0.2, 0.25) is 0 Å². The number of halogens is 1. The van der Waals surface area contributed by atoms with Gasteiger partial charge in [0.05, 0.1) is 0 Å². The summed E-state index contributed by atoms with van der Waals surface area (Å²) in [6.07, 6.45) is 0. The van der Waals surface area contributed by atoms with E-state index in [2.05, 4.69) is 15.9 Å². The first-order valence-electron chi connectivity index (χ1n) is 5.01. The fourth-order valence-corrected chi connectivity index (χ4v) is 2.30. The molecular weight excluding hydrogens is 284 g/mol. The molecule has 1 aromatic heterocycles. The number of carboxylic acid groups (broad SMARTS) is 1. The average molecular weight is 291 g/mol. The molecule has 0 fully saturated rings. The molecule has 1 N–H and O–H groups in total. The lowest BCUT2D eigenvalue weighted by Crippen LogP contribution is -1.95. The van der Waals surface area contributed by atoms with E-state index < -0.39 is 5.97 Å². The first-order chi connectivity index (χ1) is 8.16. The van der Waals surface area contributed by atoms with Crippen molar-refractivity contribution < 1.29 is 14.3 Å². The third-order valence-electron chi connectivity index (χ3n) is 2.69. The quantitative estimate of drug-likeness (QED) is 0.736. The van der Waals surface area contributed by atoms with Crippen LogP contribution in [0.15, 0.2) is 45.3 Å². The number of carbonyl (C=O) groups is 1. The predicted octanol–water partition coefficient (Wildman–Crippen LogP) is 4.05. The highest BCUT2D eigenvalue weighted by atomic mass is 79.9. The van der Waals surface area contributed by atoms with Crippen LogP contribution in [0.25, 0.3) is 21.9 Å². The van der Waals surface area contributed by atoms with Crippen molar-refractivity contribution >= 4 is 43.8 Å². The summed E-state index contributed by atoms with van der Waals surface area (Å²) in [7, 11) is 0. The van der Waals surface area contributed by atoms with Gasteiger partial charge in [-0.3, -0.25) is 0 Å². The smallest absolute Gasteiger partial charge is 0.339 e. The van der Waals surface area contributed by atoms with Crippen molar-refractivity contribution in [2.24, 2.45) is 0 Å². The normalized spacial score (nSPS) is 11.1. The van der Waals surface area contributed by atoms with Crippen molar-refractivity contribution in [1.82, 2.24) is 0 Å². The summed E-state index contributed by atoms with van der Waals surface area (Å²) in [6.45, 7) is 0. The second kappa shape index (κ2) is 3.60. The standard InChI is InChI=1S/C13H7BrO3/c14-7-4-5-11-10(6-7)8-2-1-3-9(13(15)16)12(8)17-11/h1-6H,(H,15,16). The van der Waals surface area contributed by atoms with Crippen molar-refractivity contribution in [2.75, 3.05) is 0 Å². The lowest BCUT2D eigenvalue weighted by molar-refractivity contribution is 0.0698. The maximum absolute atomic E-state index is 11.1. The summed E-state index contributed by atoms with van der Waals surface area (Å²) in [5, 5.41) is 10.8. The third kappa shape index (κ3) is 1.52. The zero-order chi connectivity index (χ0) is 12.0.